The SMILES string of the molecule is Cc1ccc(Cc2ncc(C=O)s2)cc1. The van der Waals surface area contributed by atoms with E-state index in [2.05, 4.69) is 36.2 Å². The van der Waals surface area contributed by atoms with Crippen LogP contribution in [0.3, 0.4) is 0 Å². The van der Waals surface area contributed by atoms with E-state index in [-0.39, 0.29) is 0 Å². The molecule has 76 valence electrons. The Balaban J connectivity index is 2.14. The summed E-state index contributed by atoms with van der Waals surface area (Å²) in [6.07, 6.45) is 3.27. The fourth-order valence-electron chi connectivity index (χ4n) is 1.34. The molecule has 0 saturated carbocycles. The van der Waals surface area contributed by atoms with Crippen LogP contribution in [0.15, 0.2) is 30.5 Å². The third kappa shape index (κ3) is 2.50. The van der Waals surface area contributed by atoms with Gasteiger partial charge in [-0.25, -0.2) is 4.98 Å². The minimum absolute atomic E-state index is 0.692. The smallest absolute Gasteiger partial charge is 0.161 e. The fraction of sp³-hybridized carbons (Fsp3) is 0.167. The number of aromatic nitrogens is 1. The molecule has 0 fully saturated rings. The summed E-state index contributed by atoms with van der Waals surface area (Å²) in [7, 11) is 0. The molecule has 2 rings (SSSR count). The monoisotopic (exact) mass is 217 g/mol. The Labute approximate surface area is 92.6 Å². The minimum atomic E-state index is 0.692. The molecule has 0 N–H and O–H groups in total. The zero-order valence-corrected chi connectivity index (χ0v) is 9.25. The summed E-state index contributed by atoms with van der Waals surface area (Å²) < 4.78 is 0. The number of carbonyl (C=O) groups excluding carboxylic acids is 1. The van der Waals surface area contributed by atoms with Gasteiger partial charge < -0.3 is 0 Å². The van der Waals surface area contributed by atoms with Crippen molar-refractivity contribution < 1.29 is 4.79 Å². The third-order valence-corrected chi connectivity index (χ3v) is 3.09. The molecule has 1 aromatic carbocycles. The average molecular weight is 217 g/mol. The number of hydrogen-bond donors (Lipinski definition) is 0. The lowest BCUT2D eigenvalue weighted by Crippen LogP contribution is -1.86. The van der Waals surface area contributed by atoms with Gasteiger partial charge in [0.1, 0.15) is 0 Å². The largest absolute Gasteiger partial charge is 0.297 e. The van der Waals surface area contributed by atoms with Gasteiger partial charge in [0.05, 0.1) is 9.88 Å². The molecule has 1 heterocycles. The van der Waals surface area contributed by atoms with Crippen LogP contribution in [-0.4, -0.2) is 11.3 Å². The molecular weight excluding hydrogens is 206 g/mol. The van der Waals surface area contributed by atoms with Crippen molar-refractivity contribution in [3.8, 4) is 0 Å². The normalized spacial score (nSPS) is 10.2. The molecule has 2 aromatic rings. The first-order chi connectivity index (χ1) is 7.28. The standard InChI is InChI=1S/C12H11NOS/c1-9-2-4-10(5-3-9)6-12-13-7-11(8-14)15-12/h2-5,7-8H,6H2,1H3. The summed E-state index contributed by atoms with van der Waals surface area (Å²) in [6.45, 7) is 2.07. The molecule has 0 saturated heterocycles. The number of rotatable bonds is 3. The topological polar surface area (TPSA) is 30.0 Å². The van der Waals surface area contributed by atoms with Crippen molar-refractivity contribution in [1.82, 2.24) is 4.98 Å². The summed E-state index contributed by atoms with van der Waals surface area (Å²) in [5.41, 5.74) is 2.49. The van der Waals surface area contributed by atoms with Gasteiger partial charge in [-0.05, 0) is 12.5 Å². The van der Waals surface area contributed by atoms with Gasteiger partial charge in [0.25, 0.3) is 0 Å². The number of nitrogens with zero attached hydrogens (tertiary/aromatic N) is 1. The van der Waals surface area contributed by atoms with E-state index in [4.69, 9.17) is 0 Å². The average Bonchev–Trinajstić information content (AvgIpc) is 2.69. The zero-order valence-electron chi connectivity index (χ0n) is 8.43. The second kappa shape index (κ2) is 4.36. The molecule has 0 bridgehead atoms. The van der Waals surface area contributed by atoms with Crippen LogP contribution in [0.1, 0.15) is 25.8 Å². The molecule has 0 unspecified atom stereocenters. The van der Waals surface area contributed by atoms with E-state index >= 15 is 0 Å². The van der Waals surface area contributed by atoms with E-state index in [1.165, 1.54) is 22.5 Å². The van der Waals surface area contributed by atoms with Crippen molar-refractivity contribution in [2.45, 2.75) is 13.3 Å². The number of aldehydes is 1. The molecule has 0 amide bonds. The van der Waals surface area contributed by atoms with Crippen molar-refractivity contribution in [2.24, 2.45) is 0 Å². The lowest BCUT2D eigenvalue weighted by atomic mass is 10.1. The number of hydrogen-bond acceptors (Lipinski definition) is 3. The predicted octanol–water partition coefficient (Wildman–Crippen LogP) is 2.85. The van der Waals surface area contributed by atoms with E-state index in [1.54, 1.807) is 6.20 Å². The van der Waals surface area contributed by atoms with Gasteiger partial charge in [0.15, 0.2) is 6.29 Å². The second-order valence-electron chi connectivity index (χ2n) is 3.44. The van der Waals surface area contributed by atoms with E-state index < -0.39 is 0 Å². The Bertz CT molecular complexity index is 459. The van der Waals surface area contributed by atoms with Crippen LogP contribution in [0.4, 0.5) is 0 Å². The van der Waals surface area contributed by atoms with E-state index in [9.17, 15) is 4.79 Å². The van der Waals surface area contributed by atoms with Gasteiger partial charge >= 0.3 is 0 Å². The first-order valence-corrected chi connectivity index (χ1v) is 5.55. The van der Waals surface area contributed by atoms with Crippen LogP contribution in [0.25, 0.3) is 0 Å². The van der Waals surface area contributed by atoms with E-state index in [0.717, 1.165) is 17.7 Å². The van der Waals surface area contributed by atoms with Crippen molar-refractivity contribution >= 4 is 17.6 Å². The molecule has 0 spiro atoms. The molecule has 0 radical (unpaired) electrons. The summed E-state index contributed by atoms with van der Waals surface area (Å²) in [5, 5.41) is 0.987. The van der Waals surface area contributed by atoms with E-state index in [1.807, 2.05) is 0 Å². The van der Waals surface area contributed by atoms with Gasteiger partial charge in [-0.1, -0.05) is 29.8 Å². The van der Waals surface area contributed by atoms with E-state index in [0.29, 0.717) is 4.88 Å². The Hall–Kier alpha value is -1.48. The lowest BCUT2D eigenvalue weighted by Gasteiger charge is -1.98. The Morgan fingerprint density at radius 1 is 1.33 bits per heavy atom. The van der Waals surface area contributed by atoms with Crippen molar-refractivity contribution in [3.63, 3.8) is 0 Å². The molecule has 0 atom stereocenters. The van der Waals surface area contributed by atoms with Crippen LogP contribution < -0.4 is 0 Å². The molecule has 1 aromatic heterocycles. The van der Waals surface area contributed by atoms with Gasteiger partial charge in [-0.15, -0.1) is 11.3 Å². The predicted molar refractivity (Wildman–Crippen MR) is 61.5 cm³/mol. The van der Waals surface area contributed by atoms with Crippen molar-refractivity contribution in [1.29, 1.82) is 0 Å². The lowest BCUT2D eigenvalue weighted by molar-refractivity contribution is 0.112. The van der Waals surface area contributed by atoms with Gasteiger partial charge in [-0.3, -0.25) is 4.79 Å². The number of thiazole rings is 1. The maximum atomic E-state index is 10.5. The van der Waals surface area contributed by atoms with Crippen molar-refractivity contribution in [2.75, 3.05) is 0 Å². The van der Waals surface area contributed by atoms with Crippen LogP contribution in [0.2, 0.25) is 0 Å². The molecule has 0 aliphatic rings. The van der Waals surface area contributed by atoms with Gasteiger partial charge in [0, 0.05) is 12.6 Å². The number of carbonyl (C=O) groups is 1. The first-order valence-electron chi connectivity index (χ1n) is 4.73. The number of benzene rings is 1. The quantitative estimate of drug-likeness (QED) is 0.740. The highest BCUT2D eigenvalue weighted by atomic mass is 32.1. The Kier molecular flexibility index (Phi) is 2.92. The first kappa shape index (κ1) is 10.1. The maximum Gasteiger partial charge on any atom is 0.161 e. The summed E-state index contributed by atoms with van der Waals surface area (Å²) in [5.74, 6) is 0. The number of aryl methyl sites for hydroxylation is 1. The second-order valence-corrected chi connectivity index (χ2v) is 4.58. The molecule has 15 heavy (non-hydrogen) atoms. The van der Waals surface area contributed by atoms with Crippen LogP contribution in [0, 0.1) is 6.92 Å². The van der Waals surface area contributed by atoms with Gasteiger partial charge in [0.2, 0.25) is 0 Å². The Morgan fingerprint density at radius 3 is 2.67 bits per heavy atom. The minimum Gasteiger partial charge on any atom is -0.297 e. The molecule has 0 aliphatic carbocycles. The zero-order chi connectivity index (χ0) is 10.7. The summed E-state index contributed by atoms with van der Waals surface area (Å²) in [4.78, 5) is 15.4. The maximum absolute atomic E-state index is 10.5. The molecule has 3 heteroatoms. The fourth-order valence-corrected chi connectivity index (χ4v) is 2.11. The third-order valence-electron chi connectivity index (χ3n) is 2.16. The molecule has 0 aliphatic heterocycles. The summed E-state index contributed by atoms with van der Waals surface area (Å²) in [6, 6.07) is 8.36. The highest BCUT2D eigenvalue weighted by Gasteiger charge is 2.02. The highest BCUT2D eigenvalue weighted by molar-refractivity contribution is 7.13. The summed E-state index contributed by atoms with van der Waals surface area (Å²) >= 11 is 1.45. The van der Waals surface area contributed by atoms with Crippen LogP contribution >= 0.6 is 11.3 Å². The molecular formula is C12H11NOS. The Morgan fingerprint density at radius 2 is 2.07 bits per heavy atom. The van der Waals surface area contributed by atoms with Crippen molar-refractivity contribution in [3.05, 3.63) is 51.5 Å². The molecule has 2 nitrogen and oxygen atoms in total. The van der Waals surface area contributed by atoms with Crippen LogP contribution in [-0.2, 0) is 6.42 Å². The van der Waals surface area contributed by atoms with Crippen LogP contribution in [0.5, 0.6) is 0 Å². The van der Waals surface area contributed by atoms with Gasteiger partial charge in [-0.2, -0.15) is 0 Å². The highest BCUT2D eigenvalue weighted by Crippen LogP contribution is 2.15.